The zero-order valence-corrected chi connectivity index (χ0v) is 16.7. The minimum atomic E-state index is -1.06. The van der Waals surface area contributed by atoms with Crippen LogP contribution in [0.1, 0.15) is 56.3 Å². The van der Waals surface area contributed by atoms with Crippen LogP contribution in [0.3, 0.4) is 0 Å². The van der Waals surface area contributed by atoms with Gasteiger partial charge in [-0.3, -0.25) is 9.59 Å². The maximum atomic E-state index is 12.7. The first kappa shape index (κ1) is 19.9. The Morgan fingerprint density at radius 1 is 1.18 bits per heavy atom. The standard InChI is InChI=1S/C20H20ClNO6/c1-9-16(11(3)23)10(2)22-17(9)18(24)12(4)28-20(25)13-7-14(21)19-15(8-13)26-5-6-27-19/h7-8,12,22H,5-6H2,1-4H3/t12-/m0/s1. The van der Waals surface area contributed by atoms with E-state index in [1.165, 1.54) is 26.0 Å². The van der Waals surface area contributed by atoms with Crippen molar-refractivity contribution in [1.82, 2.24) is 4.98 Å². The molecule has 2 aromatic rings. The molecule has 0 unspecified atom stereocenters. The fraction of sp³-hybridized carbons (Fsp3) is 0.350. The summed E-state index contributed by atoms with van der Waals surface area (Å²) in [4.78, 5) is 39.9. The van der Waals surface area contributed by atoms with Crippen LogP contribution < -0.4 is 9.47 Å². The molecule has 7 nitrogen and oxygen atoms in total. The van der Waals surface area contributed by atoms with Gasteiger partial charge in [-0.25, -0.2) is 4.79 Å². The largest absolute Gasteiger partial charge is 0.486 e. The van der Waals surface area contributed by atoms with Gasteiger partial charge in [0.05, 0.1) is 16.3 Å². The first-order valence-electron chi connectivity index (χ1n) is 8.75. The van der Waals surface area contributed by atoms with Crippen LogP contribution in [0.4, 0.5) is 0 Å². The van der Waals surface area contributed by atoms with Crippen LogP contribution in [0.2, 0.25) is 5.02 Å². The van der Waals surface area contributed by atoms with Gasteiger partial charge in [0.2, 0.25) is 5.78 Å². The van der Waals surface area contributed by atoms with Crippen molar-refractivity contribution >= 4 is 29.1 Å². The highest BCUT2D eigenvalue weighted by Crippen LogP contribution is 2.38. The molecule has 0 fully saturated rings. The molecule has 0 amide bonds. The Morgan fingerprint density at radius 3 is 2.50 bits per heavy atom. The van der Waals surface area contributed by atoms with Crippen molar-refractivity contribution in [1.29, 1.82) is 0 Å². The number of carbonyl (C=O) groups excluding carboxylic acids is 3. The molecule has 0 spiro atoms. The Kier molecular flexibility index (Phi) is 5.47. The van der Waals surface area contributed by atoms with E-state index in [0.29, 0.717) is 41.5 Å². The lowest BCUT2D eigenvalue weighted by atomic mass is 10.0. The van der Waals surface area contributed by atoms with Crippen LogP contribution >= 0.6 is 11.6 Å². The third-order valence-corrected chi connectivity index (χ3v) is 4.80. The first-order valence-corrected chi connectivity index (χ1v) is 9.13. The average Bonchev–Trinajstić information content (AvgIpc) is 2.95. The normalized spacial score (nSPS) is 13.8. The van der Waals surface area contributed by atoms with Crippen LogP contribution in [0.15, 0.2) is 12.1 Å². The lowest BCUT2D eigenvalue weighted by molar-refractivity contribution is 0.0316. The number of aromatic amines is 1. The number of nitrogens with one attached hydrogen (secondary N) is 1. The molecule has 0 bridgehead atoms. The number of aromatic nitrogens is 1. The number of ketones is 2. The third kappa shape index (κ3) is 3.62. The van der Waals surface area contributed by atoms with Crippen LogP contribution in [0.5, 0.6) is 11.5 Å². The summed E-state index contributed by atoms with van der Waals surface area (Å²) in [6.07, 6.45) is -1.06. The Labute approximate surface area is 166 Å². The number of rotatable bonds is 5. The molecular weight excluding hydrogens is 386 g/mol. The molecule has 1 atom stereocenters. The molecule has 28 heavy (non-hydrogen) atoms. The van der Waals surface area contributed by atoms with Crippen LogP contribution in [0.25, 0.3) is 0 Å². The van der Waals surface area contributed by atoms with Gasteiger partial charge in [-0.15, -0.1) is 0 Å². The predicted octanol–water partition coefficient (Wildman–Crippen LogP) is 3.69. The average molecular weight is 406 g/mol. The van der Waals surface area contributed by atoms with Crippen molar-refractivity contribution in [3.8, 4) is 11.5 Å². The zero-order chi connectivity index (χ0) is 20.6. The second kappa shape index (κ2) is 7.67. The maximum absolute atomic E-state index is 12.7. The first-order chi connectivity index (χ1) is 13.2. The van der Waals surface area contributed by atoms with Gasteiger partial charge in [0.25, 0.3) is 0 Å². The summed E-state index contributed by atoms with van der Waals surface area (Å²) in [5.41, 5.74) is 2.02. The molecule has 3 rings (SSSR count). The number of ether oxygens (including phenoxy) is 3. The predicted molar refractivity (Wildman–Crippen MR) is 102 cm³/mol. The topological polar surface area (TPSA) is 94.7 Å². The number of carbonyl (C=O) groups is 3. The van der Waals surface area contributed by atoms with E-state index in [-0.39, 0.29) is 22.1 Å². The van der Waals surface area contributed by atoms with Gasteiger partial charge in [-0.2, -0.15) is 0 Å². The molecule has 1 aromatic carbocycles. The van der Waals surface area contributed by atoms with Crippen molar-refractivity contribution in [2.45, 2.75) is 33.8 Å². The van der Waals surface area contributed by atoms with E-state index >= 15 is 0 Å². The lowest BCUT2D eigenvalue weighted by Crippen LogP contribution is -2.25. The quantitative estimate of drug-likeness (QED) is 0.602. The summed E-state index contributed by atoms with van der Waals surface area (Å²) < 4.78 is 16.2. The molecule has 0 aliphatic carbocycles. The Morgan fingerprint density at radius 2 is 1.86 bits per heavy atom. The summed E-state index contributed by atoms with van der Waals surface area (Å²) in [6, 6.07) is 2.88. The molecule has 1 aromatic heterocycles. The number of aryl methyl sites for hydroxylation is 1. The molecule has 0 saturated heterocycles. The molecule has 0 saturated carbocycles. The molecule has 1 aliphatic rings. The van der Waals surface area contributed by atoms with Gasteiger partial charge in [0.15, 0.2) is 23.4 Å². The molecule has 2 heterocycles. The monoisotopic (exact) mass is 405 g/mol. The Bertz CT molecular complexity index is 978. The van der Waals surface area contributed by atoms with Gasteiger partial charge in [-0.05, 0) is 45.4 Å². The number of esters is 1. The number of hydrogen-bond donors (Lipinski definition) is 1. The molecule has 1 aliphatic heterocycles. The molecule has 1 N–H and O–H groups in total. The molecule has 148 valence electrons. The van der Waals surface area contributed by atoms with E-state index in [1.54, 1.807) is 13.8 Å². The van der Waals surface area contributed by atoms with E-state index < -0.39 is 17.9 Å². The highest BCUT2D eigenvalue weighted by molar-refractivity contribution is 6.32. The summed E-state index contributed by atoms with van der Waals surface area (Å²) in [6.45, 7) is 7.03. The van der Waals surface area contributed by atoms with E-state index in [0.717, 1.165) is 0 Å². The number of halogens is 1. The van der Waals surface area contributed by atoms with Crippen LogP contribution in [0, 0.1) is 13.8 Å². The van der Waals surface area contributed by atoms with Gasteiger partial charge in [0, 0.05) is 11.3 Å². The lowest BCUT2D eigenvalue weighted by Gasteiger charge is -2.20. The van der Waals surface area contributed by atoms with Crippen molar-refractivity contribution in [2.24, 2.45) is 0 Å². The minimum absolute atomic E-state index is 0.138. The van der Waals surface area contributed by atoms with Crippen molar-refractivity contribution in [2.75, 3.05) is 13.2 Å². The van der Waals surface area contributed by atoms with Gasteiger partial charge in [0.1, 0.15) is 13.2 Å². The fourth-order valence-corrected chi connectivity index (χ4v) is 3.50. The van der Waals surface area contributed by atoms with Gasteiger partial charge in [-0.1, -0.05) is 11.6 Å². The Hall–Kier alpha value is -2.80. The Balaban J connectivity index is 1.80. The summed E-state index contributed by atoms with van der Waals surface area (Å²) >= 11 is 6.14. The van der Waals surface area contributed by atoms with Crippen molar-refractivity contribution < 1.29 is 28.6 Å². The van der Waals surface area contributed by atoms with E-state index in [1.807, 2.05) is 0 Å². The summed E-state index contributed by atoms with van der Waals surface area (Å²) in [5, 5.41) is 0.227. The maximum Gasteiger partial charge on any atom is 0.339 e. The number of Topliss-reactive ketones (excluding diaryl/α,β-unsaturated/α-hetero) is 2. The fourth-order valence-electron chi connectivity index (χ4n) is 3.24. The van der Waals surface area contributed by atoms with Crippen LogP contribution in [-0.2, 0) is 4.74 Å². The van der Waals surface area contributed by atoms with E-state index in [2.05, 4.69) is 4.98 Å². The second-order valence-electron chi connectivity index (χ2n) is 6.58. The minimum Gasteiger partial charge on any atom is -0.486 e. The highest BCUT2D eigenvalue weighted by Gasteiger charge is 2.27. The summed E-state index contributed by atoms with van der Waals surface area (Å²) in [5.74, 6) is -0.548. The van der Waals surface area contributed by atoms with Crippen molar-refractivity contribution in [3.05, 3.63) is 45.2 Å². The van der Waals surface area contributed by atoms with E-state index in [9.17, 15) is 14.4 Å². The molecular formula is C20H20ClNO6. The zero-order valence-electron chi connectivity index (χ0n) is 16.0. The molecule has 8 heteroatoms. The molecule has 0 radical (unpaired) electrons. The smallest absolute Gasteiger partial charge is 0.339 e. The number of hydrogen-bond acceptors (Lipinski definition) is 6. The second-order valence-corrected chi connectivity index (χ2v) is 6.98. The highest BCUT2D eigenvalue weighted by atomic mass is 35.5. The number of H-pyrrole nitrogens is 1. The summed E-state index contributed by atoms with van der Waals surface area (Å²) in [7, 11) is 0. The van der Waals surface area contributed by atoms with Crippen LogP contribution in [-0.4, -0.2) is 41.8 Å². The van der Waals surface area contributed by atoms with E-state index in [4.69, 9.17) is 25.8 Å². The van der Waals surface area contributed by atoms with Gasteiger partial charge >= 0.3 is 5.97 Å². The van der Waals surface area contributed by atoms with Crippen molar-refractivity contribution in [3.63, 3.8) is 0 Å². The number of fused-ring (bicyclic) bond motifs is 1. The third-order valence-electron chi connectivity index (χ3n) is 4.52. The van der Waals surface area contributed by atoms with Gasteiger partial charge < -0.3 is 19.2 Å². The number of benzene rings is 1. The SMILES string of the molecule is CC(=O)c1c(C)[nH]c(C(=O)[C@H](C)OC(=O)c2cc(Cl)c3c(c2)OCCO3)c1C.